The first-order chi connectivity index (χ1) is 6.66. The third-order valence-corrected chi connectivity index (χ3v) is 2.21. The molecule has 1 aromatic heterocycles. The van der Waals surface area contributed by atoms with Crippen molar-refractivity contribution in [3.63, 3.8) is 0 Å². The van der Waals surface area contributed by atoms with Gasteiger partial charge in [0.05, 0.1) is 0 Å². The van der Waals surface area contributed by atoms with Gasteiger partial charge in [-0.25, -0.2) is 4.98 Å². The molecule has 0 aromatic carbocycles. The van der Waals surface area contributed by atoms with Gasteiger partial charge in [0.15, 0.2) is 0 Å². The second-order valence-electron chi connectivity index (χ2n) is 3.37. The Labute approximate surface area is 82.0 Å². The van der Waals surface area contributed by atoms with Crippen LogP contribution in [0.1, 0.15) is 18.5 Å². The molecular weight excluding hydrogens is 180 g/mol. The van der Waals surface area contributed by atoms with E-state index in [9.17, 15) is 4.79 Å². The van der Waals surface area contributed by atoms with Crippen LogP contribution in [0.3, 0.4) is 0 Å². The summed E-state index contributed by atoms with van der Waals surface area (Å²) in [6.45, 7) is 2.57. The molecule has 0 bridgehead atoms. The summed E-state index contributed by atoms with van der Waals surface area (Å²) in [6.07, 6.45) is 1.49. The highest BCUT2D eigenvalue weighted by Crippen LogP contribution is 2.19. The smallest absolute Gasteiger partial charge is 0.228 e. The molecule has 5 heteroatoms. The van der Waals surface area contributed by atoms with Gasteiger partial charge in [-0.3, -0.25) is 9.69 Å². The van der Waals surface area contributed by atoms with E-state index in [1.165, 1.54) is 0 Å². The molecule has 0 radical (unpaired) electrons. The lowest BCUT2D eigenvalue weighted by Crippen LogP contribution is -2.25. The molecule has 0 spiro atoms. The van der Waals surface area contributed by atoms with Gasteiger partial charge in [0.25, 0.3) is 0 Å². The van der Waals surface area contributed by atoms with E-state index in [0.29, 0.717) is 12.2 Å². The number of nitrogens with zero attached hydrogens (tertiary/aromatic N) is 3. The van der Waals surface area contributed by atoms with E-state index in [0.717, 1.165) is 18.7 Å². The molecule has 1 fully saturated rings. The summed E-state index contributed by atoms with van der Waals surface area (Å²) in [4.78, 5) is 21.1. The highest BCUT2D eigenvalue weighted by atomic mass is 16.2. The van der Waals surface area contributed by atoms with Crippen LogP contribution in [0.4, 0.5) is 11.8 Å². The molecule has 14 heavy (non-hydrogen) atoms. The third kappa shape index (κ3) is 1.53. The van der Waals surface area contributed by atoms with Gasteiger partial charge in [-0.05, 0) is 13.3 Å². The molecule has 2 rings (SSSR count). The van der Waals surface area contributed by atoms with Crippen molar-refractivity contribution in [2.24, 2.45) is 0 Å². The summed E-state index contributed by atoms with van der Waals surface area (Å²) in [7, 11) is 0. The lowest BCUT2D eigenvalue weighted by Gasteiger charge is -2.14. The molecule has 74 valence electrons. The van der Waals surface area contributed by atoms with Gasteiger partial charge in [-0.2, -0.15) is 4.98 Å². The molecule has 1 aromatic rings. The summed E-state index contributed by atoms with van der Waals surface area (Å²) in [5.74, 6) is 0.958. The molecule has 0 saturated carbocycles. The summed E-state index contributed by atoms with van der Waals surface area (Å²) in [5.41, 5.74) is 6.30. The molecule has 1 amide bonds. The van der Waals surface area contributed by atoms with Gasteiger partial charge in [-0.15, -0.1) is 0 Å². The normalized spacial score (nSPS) is 16.4. The fraction of sp³-hybridized carbons (Fsp3) is 0.444. The number of hydrogen-bond donors (Lipinski definition) is 1. The molecule has 0 aliphatic carbocycles. The van der Waals surface area contributed by atoms with E-state index in [4.69, 9.17) is 5.73 Å². The van der Waals surface area contributed by atoms with Crippen molar-refractivity contribution in [1.82, 2.24) is 9.97 Å². The van der Waals surface area contributed by atoms with Crippen molar-refractivity contribution in [3.8, 4) is 0 Å². The highest BCUT2D eigenvalue weighted by molar-refractivity contribution is 5.94. The predicted molar refractivity (Wildman–Crippen MR) is 52.8 cm³/mol. The van der Waals surface area contributed by atoms with Crippen LogP contribution >= 0.6 is 0 Å². The first-order valence-corrected chi connectivity index (χ1v) is 4.58. The number of hydrogen-bond acceptors (Lipinski definition) is 4. The maximum absolute atomic E-state index is 11.4. The van der Waals surface area contributed by atoms with Crippen LogP contribution in [0.5, 0.6) is 0 Å². The fourth-order valence-electron chi connectivity index (χ4n) is 1.60. The van der Waals surface area contributed by atoms with E-state index < -0.39 is 0 Å². The van der Waals surface area contributed by atoms with Crippen molar-refractivity contribution >= 4 is 17.7 Å². The molecule has 1 aliphatic rings. The van der Waals surface area contributed by atoms with E-state index in [-0.39, 0.29) is 11.9 Å². The molecule has 0 atom stereocenters. The largest absolute Gasteiger partial charge is 0.368 e. The molecular formula is C9H12N4O. The van der Waals surface area contributed by atoms with Gasteiger partial charge in [0.1, 0.15) is 5.82 Å². The zero-order chi connectivity index (χ0) is 10.1. The second-order valence-corrected chi connectivity index (χ2v) is 3.37. The summed E-state index contributed by atoms with van der Waals surface area (Å²) in [6, 6.07) is 1.78. The molecule has 2 N–H and O–H groups in total. The number of carbonyl (C=O) groups excluding carboxylic acids is 1. The van der Waals surface area contributed by atoms with Crippen molar-refractivity contribution in [2.45, 2.75) is 19.8 Å². The van der Waals surface area contributed by atoms with Crippen LogP contribution in [-0.2, 0) is 4.79 Å². The lowest BCUT2D eigenvalue weighted by molar-refractivity contribution is -0.117. The van der Waals surface area contributed by atoms with Crippen molar-refractivity contribution in [3.05, 3.63) is 11.8 Å². The van der Waals surface area contributed by atoms with Crippen LogP contribution in [-0.4, -0.2) is 22.4 Å². The van der Waals surface area contributed by atoms with E-state index in [1.54, 1.807) is 11.0 Å². The Morgan fingerprint density at radius 1 is 1.50 bits per heavy atom. The van der Waals surface area contributed by atoms with Crippen LogP contribution in [0, 0.1) is 6.92 Å². The SMILES string of the molecule is Cc1cc(N2CCCC2=O)nc(N)n1. The Kier molecular flexibility index (Phi) is 2.07. The number of rotatable bonds is 1. The number of nitrogen functional groups attached to an aromatic ring is 1. The molecule has 2 heterocycles. The highest BCUT2D eigenvalue weighted by Gasteiger charge is 2.23. The quantitative estimate of drug-likeness (QED) is 0.703. The maximum atomic E-state index is 11.4. The Morgan fingerprint density at radius 3 is 2.86 bits per heavy atom. The average Bonchev–Trinajstić information content (AvgIpc) is 2.49. The number of carbonyl (C=O) groups is 1. The molecule has 0 unspecified atom stereocenters. The first kappa shape index (κ1) is 8.93. The van der Waals surface area contributed by atoms with Crippen LogP contribution in [0.2, 0.25) is 0 Å². The van der Waals surface area contributed by atoms with Crippen LogP contribution in [0.15, 0.2) is 6.07 Å². The minimum atomic E-state index is 0.113. The number of nitrogens with two attached hydrogens (primary N) is 1. The minimum absolute atomic E-state index is 0.113. The Morgan fingerprint density at radius 2 is 2.29 bits per heavy atom. The Bertz CT molecular complexity index is 357. The number of aryl methyl sites for hydroxylation is 1. The van der Waals surface area contributed by atoms with Gasteiger partial charge < -0.3 is 5.73 Å². The minimum Gasteiger partial charge on any atom is -0.368 e. The average molecular weight is 192 g/mol. The zero-order valence-corrected chi connectivity index (χ0v) is 8.03. The maximum Gasteiger partial charge on any atom is 0.228 e. The molecule has 5 nitrogen and oxygen atoms in total. The van der Waals surface area contributed by atoms with Crippen molar-refractivity contribution in [1.29, 1.82) is 0 Å². The van der Waals surface area contributed by atoms with Crippen molar-refractivity contribution in [2.75, 3.05) is 17.2 Å². The fourth-order valence-corrected chi connectivity index (χ4v) is 1.60. The number of amides is 1. The first-order valence-electron chi connectivity index (χ1n) is 4.58. The van der Waals surface area contributed by atoms with Gasteiger partial charge in [0.2, 0.25) is 11.9 Å². The summed E-state index contributed by atoms with van der Waals surface area (Å²) < 4.78 is 0. The Balaban J connectivity index is 2.35. The van der Waals surface area contributed by atoms with Gasteiger partial charge in [-0.1, -0.05) is 0 Å². The number of anilines is 2. The third-order valence-electron chi connectivity index (χ3n) is 2.21. The molecule has 1 aliphatic heterocycles. The van der Waals surface area contributed by atoms with E-state index in [1.807, 2.05) is 6.92 Å². The van der Waals surface area contributed by atoms with Gasteiger partial charge >= 0.3 is 0 Å². The van der Waals surface area contributed by atoms with Crippen LogP contribution in [0.25, 0.3) is 0 Å². The van der Waals surface area contributed by atoms with Crippen LogP contribution < -0.4 is 10.6 Å². The second kappa shape index (κ2) is 3.25. The summed E-state index contributed by atoms with van der Waals surface area (Å²) in [5, 5.41) is 0. The standard InChI is InChI=1S/C9H12N4O/c1-6-5-7(12-9(10)11-6)13-4-2-3-8(13)14/h5H,2-4H2,1H3,(H2,10,11,12). The Hall–Kier alpha value is -1.65. The molecule has 1 saturated heterocycles. The van der Waals surface area contributed by atoms with Crippen molar-refractivity contribution < 1.29 is 4.79 Å². The van der Waals surface area contributed by atoms with E-state index >= 15 is 0 Å². The van der Waals surface area contributed by atoms with E-state index in [2.05, 4.69) is 9.97 Å². The zero-order valence-electron chi connectivity index (χ0n) is 8.03. The van der Waals surface area contributed by atoms with Gasteiger partial charge in [0, 0.05) is 24.7 Å². The number of aromatic nitrogens is 2. The predicted octanol–water partition coefficient (Wildman–Crippen LogP) is 0.494. The monoisotopic (exact) mass is 192 g/mol. The topological polar surface area (TPSA) is 72.1 Å². The lowest BCUT2D eigenvalue weighted by atomic mass is 10.4. The summed E-state index contributed by atoms with van der Waals surface area (Å²) >= 11 is 0.